The highest BCUT2D eigenvalue weighted by molar-refractivity contribution is 7.89. The molecule has 1 atom stereocenters. The molecule has 0 aromatic heterocycles. The summed E-state index contributed by atoms with van der Waals surface area (Å²) in [7, 11) is -3.94. The molecule has 1 N–H and O–H groups in total. The topological polar surface area (TPSA) is 113 Å². The first-order valence-electron chi connectivity index (χ1n) is 9.15. The molecule has 7 nitrogen and oxygen atoms in total. The zero-order chi connectivity index (χ0) is 21.0. The molecular formula is C21H20N2O5S. The minimum Gasteiger partial charge on any atom is -0.453 e. The van der Waals surface area contributed by atoms with Gasteiger partial charge in [-0.15, -0.1) is 0 Å². The SMILES string of the molecule is C[C@@H](OC(=O)CNS(=O)(=O)c1ccc(C#N)cc1)C(=O)c1ccc2c(c1)CCC2. The van der Waals surface area contributed by atoms with Crippen molar-refractivity contribution < 1.29 is 22.7 Å². The van der Waals surface area contributed by atoms with Crippen molar-refractivity contribution in [1.82, 2.24) is 4.72 Å². The van der Waals surface area contributed by atoms with E-state index in [9.17, 15) is 18.0 Å². The Bertz CT molecular complexity index is 1090. The molecular weight excluding hydrogens is 392 g/mol. The molecule has 0 aliphatic heterocycles. The van der Waals surface area contributed by atoms with E-state index in [0.717, 1.165) is 24.8 Å². The van der Waals surface area contributed by atoms with Crippen molar-refractivity contribution in [2.24, 2.45) is 0 Å². The minimum atomic E-state index is -3.94. The molecule has 0 fully saturated rings. The lowest BCUT2D eigenvalue weighted by Gasteiger charge is -2.13. The number of ketones is 1. The Morgan fingerprint density at radius 3 is 2.52 bits per heavy atom. The zero-order valence-electron chi connectivity index (χ0n) is 15.8. The lowest BCUT2D eigenvalue weighted by molar-refractivity contribution is -0.144. The van der Waals surface area contributed by atoms with Crippen molar-refractivity contribution in [2.45, 2.75) is 37.2 Å². The first-order chi connectivity index (χ1) is 13.8. The summed E-state index contributed by atoms with van der Waals surface area (Å²) in [6.07, 6.45) is 1.98. The molecule has 2 aromatic carbocycles. The summed E-state index contributed by atoms with van der Waals surface area (Å²) in [5.41, 5.74) is 3.18. The van der Waals surface area contributed by atoms with E-state index in [1.807, 2.05) is 18.2 Å². The van der Waals surface area contributed by atoms with E-state index in [1.54, 1.807) is 6.07 Å². The third kappa shape index (κ3) is 4.88. The number of hydrogen-bond acceptors (Lipinski definition) is 6. The summed E-state index contributed by atoms with van der Waals surface area (Å²) in [6.45, 7) is 0.854. The second kappa shape index (κ2) is 8.55. The average molecular weight is 412 g/mol. The molecule has 1 aliphatic carbocycles. The van der Waals surface area contributed by atoms with Crippen LogP contribution in [0.2, 0.25) is 0 Å². The summed E-state index contributed by atoms with van der Waals surface area (Å²) >= 11 is 0. The lowest BCUT2D eigenvalue weighted by atomic mass is 10.0. The van der Waals surface area contributed by atoms with Crippen LogP contribution in [0, 0.1) is 11.3 Å². The number of aryl methyl sites for hydroxylation is 2. The number of carbonyl (C=O) groups is 2. The van der Waals surface area contributed by atoms with Crippen molar-refractivity contribution in [3.8, 4) is 6.07 Å². The second-order valence-corrected chi connectivity index (χ2v) is 8.56. The molecule has 0 amide bonds. The summed E-state index contributed by atoms with van der Waals surface area (Å²) in [5, 5.41) is 8.76. The molecule has 0 unspecified atom stereocenters. The Morgan fingerprint density at radius 2 is 1.83 bits per heavy atom. The summed E-state index contributed by atoms with van der Waals surface area (Å²) in [4.78, 5) is 24.5. The van der Waals surface area contributed by atoms with Gasteiger partial charge in [0.05, 0.1) is 16.5 Å². The smallest absolute Gasteiger partial charge is 0.321 e. The molecule has 0 saturated carbocycles. The molecule has 29 heavy (non-hydrogen) atoms. The van der Waals surface area contributed by atoms with Gasteiger partial charge in [0.15, 0.2) is 6.10 Å². The molecule has 2 aromatic rings. The number of benzene rings is 2. The number of esters is 1. The van der Waals surface area contributed by atoms with Crippen molar-refractivity contribution in [1.29, 1.82) is 5.26 Å². The van der Waals surface area contributed by atoms with Gasteiger partial charge >= 0.3 is 5.97 Å². The van der Waals surface area contributed by atoms with E-state index in [-0.39, 0.29) is 10.7 Å². The Labute approximate surface area is 169 Å². The number of nitrogens with zero attached hydrogens (tertiary/aromatic N) is 1. The maximum Gasteiger partial charge on any atom is 0.321 e. The highest BCUT2D eigenvalue weighted by Crippen LogP contribution is 2.23. The van der Waals surface area contributed by atoms with Gasteiger partial charge in [-0.2, -0.15) is 9.98 Å². The van der Waals surface area contributed by atoms with Crippen LogP contribution in [-0.4, -0.2) is 32.8 Å². The number of carbonyl (C=O) groups excluding carboxylic acids is 2. The van der Waals surface area contributed by atoms with Crippen LogP contribution in [0.4, 0.5) is 0 Å². The highest BCUT2D eigenvalue weighted by Gasteiger charge is 2.23. The number of hydrogen-bond donors (Lipinski definition) is 1. The second-order valence-electron chi connectivity index (χ2n) is 6.79. The lowest BCUT2D eigenvalue weighted by Crippen LogP contribution is -2.34. The average Bonchev–Trinajstić information content (AvgIpc) is 3.19. The van der Waals surface area contributed by atoms with E-state index in [1.165, 1.54) is 36.8 Å². The Kier molecular flexibility index (Phi) is 6.11. The number of Topliss-reactive ketones (excluding diaryl/α,β-unsaturated/α-hetero) is 1. The number of ether oxygens (including phenoxy) is 1. The van der Waals surface area contributed by atoms with Crippen LogP contribution in [0.1, 0.15) is 40.4 Å². The maximum atomic E-state index is 12.5. The quantitative estimate of drug-likeness (QED) is 0.551. The van der Waals surface area contributed by atoms with Gasteiger partial charge in [0.2, 0.25) is 15.8 Å². The fourth-order valence-corrected chi connectivity index (χ4v) is 4.17. The van der Waals surface area contributed by atoms with Gasteiger partial charge < -0.3 is 4.74 Å². The molecule has 150 valence electrons. The van der Waals surface area contributed by atoms with E-state index in [0.29, 0.717) is 11.1 Å². The third-order valence-electron chi connectivity index (χ3n) is 4.76. The molecule has 0 radical (unpaired) electrons. The largest absolute Gasteiger partial charge is 0.453 e. The number of nitriles is 1. The van der Waals surface area contributed by atoms with Crippen LogP contribution < -0.4 is 4.72 Å². The van der Waals surface area contributed by atoms with Crippen molar-refractivity contribution in [3.05, 3.63) is 64.7 Å². The number of rotatable bonds is 7. The van der Waals surface area contributed by atoms with Crippen molar-refractivity contribution in [2.75, 3.05) is 6.54 Å². The van der Waals surface area contributed by atoms with Crippen molar-refractivity contribution >= 4 is 21.8 Å². The van der Waals surface area contributed by atoms with Gasteiger partial charge in [0.25, 0.3) is 0 Å². The van der Waals surface area contributed by atoms with Crippen LogP contribution >= 0.6 is 0 Å². The van der Waals surface area contributed by atoms with Gasteiger partial charge in [-0.1, -0.05) is 12.1 Å². The molecule has 1 aliphatic rings. The van der Waals surface area contributed by atoms with E-state index < -0.39 is 28.6 Å². The third-order valence-corrected chi connectivity index (χ3v) is 6.18. The summed E-state index contributed by atoms with van der Waals surface area (Å²) < 4.78 is 31.7. The monoisotopic (exact) mass is 412 g/mol. The first-order valence-corrected chi connectivity index (χ1v) is 10.6. The van der Waals surface area contributed by atoms with Gasteiger partial charge in [-0.25, -0.2) is 8.42 Å². The van der Waals surface area contributed by atoms with Crippen LogP contribution in [0.5, 0.6) is 0 Å². The fraction of sp³-hybridized carbons (Fsp3) is 0.286. The van der Waals surface area contributed by atoms with Crippen LogP contribution in [-0.2, 0) is 32.4 Å². The highest BCUT2D eigenvalue weighted by atomic mass is 32.2. The molecule has 8 heteroatoms. The fourth-order valence-electron chi connectivity index (χ4n) is 3.20. The predicted octanol–water partition coefficient (Wildman–Crippen LogP) is 2.14. The van der Waals surface area contributed by atoms with Gasteiger partial charge in [0, 0.05) is 5.56 Å². The van der Waals surface area contributed by atoms with Gasteiger partial charge in [-0.05, 0) is 67.6 Å². The van der Waals surface area contributed by atoms with Gasteiger partial charge in [0.1, 0.15) is 6.54 Å². The number of sulfonamides is 1. The van der Waals surface area contributed by atoms with E-state index in [4.69, 9.17) is 10.00 Å². The Hall–Kier alpha value is -3.02. The molecule has 0 spiro atoms. The molecule has 0 saturated heterocycles. The summed E-state index contributed by atoms with van der Waals surface area (Å²) in [6, 6.07) is 12.7. The Balaban J connectivity index is 1.57. The summed E-state index contributed by atoms with van der Waals surface area (Å²) in [5.74, 6) is -1.19. The van der Waals surface area contributed by atoms with Gasteiger partial charge in [-0.3, -0.25) is 9.59 Å². The first kappa shape index (κ1) is 20.7. The van der Waals surface area contributed by atoms with E-state index in [2.05, 4.69) is 4.72 Å². The molecule has 0 bridgehead atoms. The normalized spacial score (nSPS) is 13.9. The zero-order valence-corrected chi connectivity index (χ0v) is 16.7. The van der Waals surface area contributed by atoms with Crippen LogP contribution in [0.3, 0.4) is 0 Å². The Morgan fingerprint density at radius 1 is 1.14 bits per heavy atom. The molecule has 0 heterocycles. The minimum absolute atomic E-state index is 0.0773. The van der Waals surface area contributed by atoms with Crippen molar-refractivity contribution in [3.63, 3.8) is 0 Å². The number of nitrogens with one attached hydrogen (secondary N) is 1. The predicted molar refractivity (Wildman–Crippen MR) is 105 cm³/mol. The van der Waals surface area contributed by atoms with Crippen LogP contribution in [0.25, 0.3) is 0 Å². The number of fused-ring (bicyclic) bond motifs is 1. The standard InChI is InChI=1S/C21H20N2O5S/c1-14(21(25)18-8-7-16-3-2-4-17(16)11-18)28-20(24)13-23-29(26,27)19-9-5-15(12-22)6-10-19/h5-11,14,23H,2-4,13H2,1H3/t14-/m1/s1. The molecule has 3 rings (SSSR count). The van der Waals surface area contributed by atoms with E-state index >= 15 is 0 Å². The maximum absolute atomic E-state index is 12.5. The van der Waals surface area contributed by atoms with Crippen LogP contribution in [0.15, 0.2) is 47.4 Å².